The molecular formula is C17H18FN5O. The van der Waals surface area contributed by atoms with Crippen LogP contribution in [0, 0.1) is 19.7 Å². The van der Waals surface area contributed by atoms with E-state index in [0.717, 1.165) is 16.8 Å². The summed E-state index contributed by atoms with van der Waals surface area (Å²) in [5.41, 5.74) is 3.99. The van der Waals surface area contributed by atoms with E-state index in [1.165, 1.54) is 6.07 Å². The first-order valence-electron chi connectivity index (χ1n) is 7.72. The minimum Gasteiger partial charge on any atom is -0.352 e. The molecule has 3 aromatic rings. The Balaban J connectivity index is 1.63. The van der Waals surface area contributed by atoms with Crippen LogP contribution in [0.1, 0.15) is 28.8 Å². The molecule has 0 aliphatic heterocycles. The number of carbonyl (C=O) groups is 1. The maximum atomic E-state index is 13.5. The first-order chi connectivity index (χ1) is 11.6. The Morgan fingerprint density at radius 3 is 2.88 bits per heavy atom. The standard InChI is InChI=1S/C17H18FN5O/c1-11-14(12(2)22-23-10-20-21-17(11)23)7-8-16(24)19-9-13-5-3-4-6-15(13)18/h3-6,10H,7-9H2,1-2H3,(H,19,24). The van der Waals surface area contributed by atoms with Crippen LogP contribution in [0.3, 0.4) is 0 Å². The lowest BCUT2D eigenvalue weighted by atomic mass is 10.0. The van der Waals surface area contributed by atoms with Gasteiger partial charge < -0.3 is 5.32 Å². The summed E-state index contributed by atoms with van der Waals surface area (Å²) >= 11 is 0. The minimum atomic E-state index is -0.314. The first kappa shape index (κ1) is 16.0. The highest BCUT2D eigenvalue weighted by Crippen LogP contribution is 2.17. The van der Waals surface area contributed by atoms with E-state index >= 15 is 0 Å². The van der Waals surface area contributed by atoms with Crippen molar-refractivity contribution in [1.29, 1.82) is 0 Å². The van der Waals surface area contributed by atoms with Gasteiger partial charge in [-0.05, 0) is 31.9 Å². The van der Waals surface area contributed by atoms with Gasteiger partial charge in [0.25, 0.3) is 0 Å². The first-order valence-corrected chi connectivity index (χ1v) is 7.72. The van der Waals surface area contributed by atoms with Crippen LogP contribution in [0.15, 0.2) is 30.6 Å². The number of amides is 1. The van der Waals surface area contributed by atoms with Crippen molar-refractivity contribution in [3.8, 4) is 0 Å². The van der Waals surface area contributed by atoms with E-state index in [9.17, 15) is 9.18 Å². The summed E-state index contributed by atoms with van der Waals surface area (Å²) < 4.78 is 15.2. The topological polar surface area (TPSA) is 72.2 Å². The number of fused-ring (bicyclic) bond motifs is 1. The second-order valence-corrected chi connectivity index (χ2v) is 5.66. The fourth-order valence-electron chi connectivity index (χ4n) is 2.71. The number of aryl methyl sites for hydroxylation is 2. The highest BCUT2D eigenvalue weighted by molar-refractivity contribution is 5.76. The molecule has 0 fully saturated rings. The third-order valence-corrected chi connectivity index (χ3v) is 4.05. The third kappa shape index (κ3) is 3.24. The Kier molecular flexibility index (Phi) is 4.50. The molecule has 6 nitrogen and oxygen atoms in total. The zero-order chi connectivity index (χ0) is 17.1. The molecule has 2 aromatic heterocycles. The van der Waals surface area contributed by atoms with Crippen molar-refractivity contribution in [2.45, 2.75) is 33.2 Å². The van der Waals surface area contributed by atoms with Crippen LogP contribution < -0.4 is 5.32 Å². The van der Waals surface area contributed by atoms with Gasteiger partial charge in [0.05, 0.1) is 5.69 Å². The molecule has 3 rings (SSSR count). The molecule has 124 valence electrons. The summed E-state index contributed by atoms with van der Waals surface area (Å²) in [7, 11) is 0. The number of nitrogens with one attached hydrogen (secondary N) is 1. The van der Waals surface area contributed by atoms with Gasteiger partial charge in [-0.3, -0.25) is 4.79 Å². The van der Waals surface area contributed by atoms with Crippen molar-refractivity contribution in [2.24, 2.45) is 0 Å². The molecule has 0 aliphatic rings. The fourth-order valence-corrected chi connectivity index (χ4v) is 2.71. The highest BCUT2D eigenvalue weighted by Gasteiger charge is 2.13. The van der Waals surface area contributed by atoms with Gasteiger partial charge in [-0.2, -0.15) is 5.10 Å². The van der Waals surface area contributed by atoms with E-state index in [2.05, 4.69) is 20.6 Å². The molecule has 0 aliphatic carbocycles. The van der Waals surface area contributed by atoms with E-state index in [1.54, 1.807) is 29.0 Å². The molecule has 0 atom stereocenters. The largest absolute Gasteiger partial charge is 0.352 e. The quantitative estimate of drug-likeness (QED) is 0.779. The van der Waals surface area contributed by atoms with Gasteiger partial charge in [0.15, 0.2) is 5.65 Å². The Morgan fingerprint density at radius 1 is 1.29 bits per heavy atom. The maximum absolute atomic E-state index is 13.5. The Labute approximate surface area is 138 Å². The van der Waals surface area contributed by atoms with Crippen molar-refractivity contribution in [2.75, 3.05) is 0 Å². The van der Waals surface area contributed by atoms with Crippen LogP contribution in [-0.2, 0) is 17.8 Å². The predicted octanol–water partition coefficient (Wildman–Crippen LogP) is 2.13. The maximum Gasteiger partial charge on any atom is 0.220 e. The third-order valence-electron chi connectivity index (χ3n) is 4.05. The van der Waals surface area contributed by atoms with Gasteiger partial charge in [-0.25, -0.2) is 8.91 Å². The monoisotopic (exact) mass is 327 g/mol. The molecule has 0 unspecified atom stereocenters. The van der Waals surface area contributed by atoms with Crippen molar-refractivity contribution in [1.82, 2.24) is 25.1 Å². The summed E-state index contributed by atoms with van der Waals surface area (Å²) in [4.78, 5) is 12.1. The smallest absolute Gasteiger partial charge is 0.220 e. The number of carbonyl (C=O) groups excluding carboxylic acids is 1. The molecule has 2 heterocycles. The van der Waals surface area contributed by atoms with E-state index < -0.39 is 0 Å². The number of rotatable bonds is 5. The van der Waals surface area contributed by atoms with Crippen LogP contribution in [0.25, 0.3) is 5.65 Å². The average molecular weight is 327 g/mol. The van der Waals surface area contributed by atoms with E-state index in [-0.39, 0.29) is 18.3 Å². The predicted molar refractivity (Wildman–Crippen MR) is 86.8 cm³/mol. The molecule has 1 amide bonds. The minimum absolute atomic E-state index is 0.126. The molecule has 0 bridgehead atoms. The van der Waals surface area contributed by atoms with Crippen molar-refractivity contribution < 1.29 is 9.18 Å². The second-order valence-electron chi connectivity index (χ2n) is 5.66. The van der Waals surface area contributed by atoms with Gasteiger partial charge in [0.1, 0.15) is 12.1 Å². The van der Waals surface area contributed by atoms with Crippen molar-refractivity contribution in [3.63, 3.8) is 0 Å². The lowest BCUT2D eigenvalue weighted by Crippen LogP contribution is -2.23. The molecule has 0 spiro atoms. The summed E-state index contributed by atoms with van der Waals surface area (Å²) in [5, 5.41) is 15.0. The van der Waals surface area contributed by atoms with E-state index in [4.69, 9.17) is 0 Å². The molecule has 7 heteroatoms. The summed E-state index contributed by atoms with van der Waals surface area (Å²) in [5.74, 6) is -0.440. The lowest BCUT2D eigenvalue weighted by Gasteiger charge is -2.10. The molecule has 1 aromatic carbocycles. The van der Waals surface area contributed by atoms with Gasteiger partial charge in [-0.1, -0.05) is 18.2 Å². The number of hydrogen-bond donors (Lipinski definition) is 1. The number of benzene rings is 1. The second kappa shape index (κ2) is 6.74. The SMILES string of the molecule is Cc1nn2cnnc2c(C)c1CCC(=O)NCc1ccccc1F. The van der Waals surface area contributed by atoms with Gasteiger partial charge in [-0.15, -0.1) is 10.2 Å². The Morgan fingerprint density at radius 2 is 2.08 bits per heavy atom. The van der Waals surface area contributed by atoms with Crippen molar-refractivity contribution >= 4 is 11.6 Å². The van der Waals surface area contributed by atoms with Crippen molar-refractivity contribution in [3.05, 3.63) is 58.8 Å². The highest BCUT2D eigenvalue weighted by atomic mass is 19.1. The number of halogens is 1. The molecule has 0 saturated heterocycles. The molecule has 0 radical (unpaired) electrons. The Hall–Kier alpha value is -2.83. The van der Waals surface area contributed by atoms with Crippen LogP contribution in [0.2, 0.25) is 0 Å². The molecule has 0 saturated carbocycles. The van der Waals surface area contributed by atoms with Gasteiger partial charge >= 0.3 is 0 Å². The van der Waals surface area contributed by atoms with Crippen LogP contribution in [-0.4, -0.2) is 25.7 Å². The molecular weight excluding hydrogens is 309 g/mol. The van der Waals surface area contributed by atoms with Crippen LogP contribution in [0.4, 0.5) is 4.39 Å². The van der Waals surface area contributed by atoms with E-state index in [0.29, 0.717) is 24.1 Å². The van der Waals surface area contributed by atoms with Crippen LogP contribution >= 0.6 is 0 Å². The van der Waals surface area contributed by atoms with E-state index in [1.807, 2.05) is 13.8 Å². The number of hydrogen-bond acceptors (Lipinski definition) is 4. The average Bonchev–Trinajstić information content (AvgIpc) is 3.02. The molecule has 1 N–H and O–H groups in total. The zero-order valence-electron chi connectivity index (χ0n) is 13.6. The molecule has 24 heavy (non-hydrogen) atoms. The summed E-state index contributed by atoms with van der Waals surface area (Å²) in [6.45, 7) is 4.04. The number of aromatic nitrogens is 4. The Bertz CT molecular complexity index is 890. The normalized spacial score (nSPS) is 11.0. The van der Waals surface area contributed by atoms with Gasteiger partial charge in [0, 0.05) is 24.1 Å². The summed E-state index contributed by atoms with van der Waals surface area (Å²) in [6, 6.07) is 6.41. The fraction of sp³-hybridized carbons (Fsp3) is 0.294. The zero-order valence-corrected chi connectivity index (χ0v) is 13.6. The summed E-state index contributed by atoms with van der Waals surface area (Å²) in [6.07, 6.45) is 2.42. The lowest BCUT2D eigenvalue weighted by molar-refractivity contribution is -0.121. The van der Waals surface area contributed by atoms with Crippen LogP contribution in [0.5, 0.6) is 0 Å². The number of nitrogens with zero attached hydrogens (tertiary/aromatic N) is 4. The van der Waals surface area contributed by atoms with Gasteiger partial charge in [0.2, 0.25) is 5.91 Å².